The van der Waals surface area contributed by atoms with E-state index >= 15 is 0 Å². The van der Waals surface area contributed by atoms with Gasteiger partial charge in [-0.05, 0) is 43.6 Å². The number of nitrogens with zero attached hydrogens (tertiary/aromatic N) is 2. The molecule has 21 heavy (non-hydrogen) atoms. The molecule has 1 N–H and O–H groups in total. The Morgan fingerprint density at radius 1 is 1.29 bits per heavy atom. The molecule has 0 bridgehead atoms. The smallest absolute Gasteiger partial charge is 0.147 e. The van der Waals surface area contributed by atoms with Crippen molar-refractivity contribution in [3.63, 3.8) is 0 Å². The molecule has 0 aliphatic heterocycles. The van der Waals surface area contributed by atoms with Crippen molar-refractivity contribution >= 4 is 27.3 Å². The molecule has 6 heteroatoms. The van der Waals surface area contributed by atoms with E-state index < -0.39 is 0 Å². The number of hydrogen-bond acceptors (Lipinski definition) is 4. The fourth-order valence-corrected chi connectivity index (χ4v) is 3.24. The minimum atomic E-state index is -0.269. The second kappa shape index (κ2) is 7.96. The van der Waals surface area contributed by atoms with Crippen molar-refractivity contribution in [2.75, 3.05) is 13.1 Å². The van der Waals surface area contributed by atoms with Crippen molar-refractivity contribution in [1.82, 2.24) is 15.5 Å². The molecule has 0 aliphatic carbocycles. The molecule has 1 heterocycles. The topological polar surface area (TPSA) is 37.8 Å². The number of rotatable bonds is 7. The molecule has 0 radical (unpaired) electrons. The maximum atomic E-state index is 13.4. The van der Waals surface area contributed by atoms with E-state index in [9.17, 15) is 4.39 Å². The van der Waals surface area contributed by atoms with Crippen LogP contribution < -0.4 is 5.32 Å². The molecular formula is C15H19BrFN3S. The highest BCUT2D eigenvalue weighted by molar-refractivity contribution is 9.10. The normalized spacial score (nSPS) is 11.3. The third-order valence-corrected chi connectivity index (χ3v) is 4.36. The molecule has 0 spiro atoms. The molecule has 0 atom stereocenters. The van der Waals surface area contributed by atoms with E-state index in [-0.39, 0.29) is 5.82 Å². The van der Waals surface area contributed by atoms with Gasteiger partial charge in [-0.15, -0.1) is 10.2 Å². The predicted molar refractivity (Wildman–Crippen MR) is 89.0 cm³/mol. The van der Waals surface area contributed by atoms with Crippen LogP contribution >= 0.6 is 27.3 Å². The maximum absolute atomic E-state index is 13.4. The third kappa shape index (κ3) is 5.45. The summed E-state index contributed by atoms with van der Waals surface area (Å²) in [6.45, 7) is 6.42. The Balaban J connectivity index is 1.89. The van der Waals surface area contributed by atoms with Gasteiger partial charge in [0.15, 0.2) is 0 Å². The Morgan fingerprint density at radius 2 is 2.10 bits per heavy atom. The number of aromatic nitrogens is 2. The van der Waals surface area contributed by atoms with Gasteiger partial charge >= 0.3 is 0 Å². The first-order chi connectivity index (χ1) is 10.0. The second-order valence-electron chi connectivity index (χ2n) is 5.36. The van der Waals surface area contributed by atoms with Gasteiger partial charge in [-0.25, -0.2) is 4.39 Å². The molecule has 1 aromatic carbocycles. The van der Waals surface area contributed by atoms with E-state index in [1.807, 2.05) is 6.07 Å². The van der Waals surface area contributed by atoms with Gasteiger partial charge in [0, 0.05) is 16.5 Å². The average Bonchev–Trinajstić information content (AvgIpc) is 2.85. The van der Waals surface area contributed by atoms with E-state index in [2.05, 4.69) is 45.3 Å². The summed E-state index contributed by atoms with van der Waals surface area (Å²) in [6, 6.07) is 4.78. The second-order valence-corrected chi connectivity index (χ2v) is 7.34. The van der Waals surface area contributed by atoms with Gasteiger partial charge in [0.05, 0.1) is 0 Å². The Morgan fingerprint density at radius 3 is 2.81 bits per heavy atom. The molecule has 2 aromatic rings. The summed E-state index contributed by atoms with van der Waals surface area (Å²) in [5, 5.41) is 13.5. The Labute approximate surface area is 137 Å². The minimum absolute atomic E-state index is 0.269. The van der Waals surface area contributed by atoms with Crippen molar-refractivity contribution in [2.24, 2.45) is 5.92 Å². The summed E-state index contributed by atoms with van der Waals surface area (Å²) in [7, 11) is 0. The van der Waals surface area contributed by atoms with E-state index in [4.69, 9.17) is 0 Å². The minimum Gasteiger partial charge on any atom is -0.316 e. The summed E-state index contributed by atoms with van der Waals surface area (Å²) in [5.74, 6) is 0.401. The van der Waals surface area contributed by atoms with E-state index in [0.29, 0.717) is 10.4 Å². The Hall–Kier alpha value is -0.850. The highest BCUT2D eigenvalue weighted by atomic mass is 79.9. The van der Waals surface area contributed by atoms with Crippen LogP contribution in [-0.2, 0) is 6.42 Å². The van der Waals surface area contributed by atoms with Crippen LogP contribution in [0, 0.1) is 11.7 Å². The molecular weight excluding hydrogens is 353 g/mol. The zero-order valence-corrected chi connectivity index (χ0v) is 14.6. The summed E-state index contributed by atoms with van der Waals surface area (Å²) in [5.41, 5.74) is 0.767. The first-order valence-corrected chi connectivity index (χ1v) is 8.65. The first-order valence-electron chi connectivity index (χ1n) is 7.04. The Bertz CT molecular complexity index is 566. The van der Waals surface area contributed by atoms with Crippen LogP contribution in [0.25, 0.3) is 10.6 Å². The van der Waals surface area contributed by atoms with Crippen LogP contribution in [0.15, 0.2) is 22.7 Å². The van der Waals surface area contributed by atoms with Crippen LogP contribution in [0.4, 0.5) is 4.39 Å². The first kappa shape index (κ1) is 16.5. The average molecular weight is 372 g/mol. The third-order valence-electron chi connectivity index (χ3n) is 2.87. The van der Waals surface area contributed by atoms with Gasteiger partial charge < -0.3 is 5.32 Å². The lowest BCUT2D eigenvalue weighted by atomic mass is 10.2. The SMILES string of the molecule is CC(C)CNCCCc1nnc(-c2cc(F)cc(Br)c2)s1. The number of nitrogens with one attached hydrogen (secondary N) is 1. The van der Waals surface area contributed by atoms with E-state index in [1.165, 1.54) is 23.5 Å². The molecule has 3 nitrogen and oxygen atoms in total. The molecule has 0 saturated carbocycles. The van der Waals surface area contributed by atoms with Crippen LogP contribution in [0.1, 0.15) is 25.3 Å². The van der Waals surface area contributed by atoms with Gasteiger partial charge in [0.25, 0.3) is 0 Å². The molecule has 2 rings (SSSR count). The highest BCUT2D eigenvalue weighted by Crippen LogP contribution is 2.27. The van der Waals surface area contributed by atoms with Crippen LogP contribution in [0.2, 0.25) is 0 Å². The monoisotopic (exact) mass is 371 g/mol. The zero-order chi connectivity index (χ0) is 15.2. The number of halogens is 2. The summed E-state index contributed by atoms with van der Waals surface area (Å²) >= 11 is 4.83. The van der Waals surface area contributed by atoms with Gasteiger partial charge in [-0.2, -0.15) is 0 Å². The highest BCUT2D eigenvalue weighted by Gasteiger charge is 2.08. The van der Waals surface area contributed by atoms with Crippen molar-refractivity contribution in [3.8, 4) is 10.6 Å². The van der Waals surface area contributed by atoms with E-state index in [0.717, 1.165) is 41.5 Å². The number of benzene rings is 1. The fourth-order valence-electron chi connectivity index (χ4n) is 1.90. The molecule has 0 unspecified atom stereocenters. The van der Waals surface area contributed by atoms with E-state index in [1.54, 1.807) is 0 Å². The van der Waals surface area contributed by atoms with Gasteiger partial charge in [0.1, 0.15) is 15.8 Å². The maximum Gasteiger partial charge on any atom is 0.147 e. The standard InChI is InChI=1S/C15H19BrFN3S/c1-10(2)9-18-5-3-4-14-19-20-15(21-14)11-6-12(16)8-13(17)7-11/h6-8,10,18H,3-5,9H2,1-2H3. The number of aryl methyl sites for hydroxylation is 1. The molecule has 0 saturated heterocycles. The van der Waals surface area contributed by atoms with Crippen molar-refractivity contribution in [3.05, 3.63) is 33.5 Å². The van der Waals surface area contributed by atoms with Gasteiger partial charge in [0.2, 0.25) is 0 Å². The molecule has 1 aromatic heterocycles. The van der Waals surface area contributed by atoms with Gasteiger partial charge in [-0.1, -0.05) is 41.1 Å². The summed E-state index contributed by atoms with van der Waals surface area (Å²) in [6.07, 6.45) is 1.94. The van der Waals surface area contributed by atoms with Crippen molar-refractivity contribution in [1.29, 1.82) is 0 Å². The molecule has 0 amide bonds. The van der Waals surface area contributed by atoms with Crippen molar-refractivity contribution in [2.45, 2.75) is 26.7 Å². The molecule has 0 aliphatic rings. The van der Waals surface area contributed by atoms with Crippen LogP contribution in [0.5, 0.6) is 0 Å². The summed E-state index contributed by atoms with van der Waals surface area (Å²) < 4.78 is 14.1. The van der Waals surface area contributed by atoms with Crippen LogP contribution in [0.3, 0.4) is 0 Å². The fraction of sp³-hybridized carbons (Fsp3) is 0.467. The lowest BCUT2D eigenvalue weighted by Crippen LogP contribution is -2.21. The zero-order valence-electron chi connectivity index (χ0n) is 12.2. The molecule has 0 fully saturated rings. The summed E-state index contributed by atoms with van der Waals surface area (Å²) in [4.78, 5) is 0. The Kier molecular flexibility index (Phi) is 6.26. The lowest BCUT2D eigenvalue weighted by Gasteiger charge is -2.05. The largest absolute Gasteiger partial charge is 0.316 e. The van der Waals surface area contributed by atoms with Crippen molar-refractivity contribution < 1.29 is 4.39 Å². The lowest BCUT2D eigenvalue weighted by molar-refractivity contribution is 0.542. The van der Waals surface area contributed by atoms with Gasteiger partial charge in [-0.3, -0.25) is 0 Å². The number of hydrogen-bond donors (Lipinski definition) is 1. The quantitative estimate of drug-likeness (QED) is 0.737. The molecule has 114 valence electrons. The predicted octanol–water partition coefficient (Wildman–Crippen LogP) is 4.28. The van der Waals surface area contributed by atoms with Crippen LogP contribution in [-0.4, -0.2) is 23.3 Å².